The van der Waals surface area contributed by atoms with Crippen molar-refractivity contribution in [2.24, 2.45) is 5.92 Å². The maximum Gasteiger partial charge on any atom is 0.315 e. The van der Waals surface area contributed by atoms with E-state index in [1.54, 1.807) is 6.26 Å². The zero-order chi connectivity index (χ0) is 21.5. The molecule has 6 heteroatoms. The second kappa shape index (κ2) is 10.8. The second-order valence-corrected chi connectivity index (χ2v) is 9.14. The quantitative estimate of drug-likeness (QED) is 0.668. The Balaban J connectivity index is 1.22. The fraction of sp³-hybridized carbons (Fsp3) is 0.560. The number of urea groups is 1. The van der Waals surface area contributed by atoms with Crippen LogP contribution in [0.15, 0.2) is 47.1 Å². The van der Waals surface area contributed by atoms with Crippen molar-refractivity contribution in [1.29, 1.82) is 0 Å². The Hall–Kier alpha value is -2.31. The summed E-state index contributed by atoms with van der Waals surface area (Å²) in [7, 11) is 0. The van der Waals surface area contributed by atoms with Gasteiger partial charge in [-0.15, -0.1) is 0 Å². The molecule has 0 saturated carbocycles. The molecule has 0 radical (unpaired) electrons. The van der Waals surface area contributed by atoms with E-state index in [-0.39, 0.29) is 12.1 Å². The van der Waals surface area contributed by atoms with E-state index in [4.69, 9.17) is 4.42 Å². The number of carbonyl (C=O) groups is 1. The van der Waals surface area contributed by atoms with Gasteiger partial charge in [-0.2, -0.15) is 0 Å². The van der Waals surface area contributed by atoms with Gasteiger partial charge in [-0.05, 0) is 74.5 Å². The van der Waals surface area contributed by atoms with E-state index in [9.17, 15) is 4.79 Å². The number of hydrogen-bond acceptors (Lipinski definition) is 4. The monoisotopic (exact) mass is 424 g/mol. The molecule has 2 fully saturated rings. The number of furan rings is 1. The maximum absolute atomic E-state index is 12.4. The van der Waals surface area contributed by atoms with E-state index in [2.05, 4.69) is 51.6 Å². The minimum Gasteiger partial charge on any atom is -0.468 e. The molecule has 31 heavy (non-hydrogen) atoms. The van der Waals surface area contributed by atoms with Crippen molar-refractivity contribution in [1.82, 2.24) is 20.4 Å². The van der Waals surface area contributed by atoms with Gasteiger partial charge >= 0.3 is 6.03 Å². The molecule has 2 N–H and O–H groups in total. The molecule has 2 atom stereocenters. The summed E-state index contributed by atoms with van der Waals surface area (Å²) in [5.41, 5.74) is 2.46. The molecule has 6 nitrogen and oxygen atoms in total. The first kappa shape index (κ1) is 21.9. The van der Waals surface area contributed by atoms with Gasteiger partial charge in [-0.1, -0.05) is 31.2 Å². The predicted octanol–water partition coefficient (Wildman–Crippen LogP) is 4.15. The molecule has 0 bridgehead atoms. The lowest BCUT2D eigenvalue weighted by Gasteiger charge is -2.30. The van der Waals surface area contributed by atoms with Crippen LogP contribution in [0.2, 0.25) is 0 Å². The van der Waals surface area contributed by atoms with Crippen LogP contribution in [0, 0.1) is 5.92 Å². The Morgan fingerprint density at radius 1 is 1.06 bits per heavy atom. The highest BCUT2D eigenvalue weighted by Gasteiger charge is 2.25. The van der Waals surface area contributed by atoms with E-state index in [1.165, 1.54) is 44.3 Å². The predicted molar refractivity (Wildman–Crippen MR) is 123 cm³/mol. The number of benzene rings is 1. The van der Waals surface area contributed by atoms with Gasteiger partial charge in [0.1, 0.15) is 5.76 Å². The van der Waals surface area contributed by atoms with Crippen LogP contribution in [0.5, 0.6) is 0 Å². The normalized spacial score (nSPS) is 21.1. The molecule has 1 aromatic heterocycles. The Morgan fingerprint density at radius 2 is 1.84 bits per heavy atom. The number of piperidine rings is 1. The van der Waals surface area contributed by atoms with Gasteiger partial charge in [0.05, 0.1) is 12.3 Å². The molecule has 0 unspecified atom stereocenters. The zero-order valence-electron chi connectivity index (χ0n) is 18.7. The molecule has 3 heterocycles. The van der Waals surface area contributed by atoms with Crippen molar-refractivity contribution >= 4 is 6.03 Å². The molecule has 1 aromatic carbocycles. The van der Waals surface area contributed by atoms with Crippen LogP contribution in [-0.2, 0) is 13.1 Å². The van der Waals surface area contributed by atoms with E-state index < -0.39 is 0 Å². The molecule has 4 rings (SSSR count). The number of rotatable bonds is 8. The standard InChI is InChI=1S/C25H36N4O2/c1-20-6-4-12-28(18-20)19-22-10-8-21(9-11-22)16-26-25(30)27-17-23(24-7-5-15-31-24)29-13-2-3-14-29/h5,7-11,15,20,23H,2-4,6,12-14,16-19H2,1H3,(H2,26,27,30)/t20-,23-/m0/s1. The van der Waals surface area contributed by atoms with Crippen molar-refractivity contribution in [2.45, 2.75) is 51.7 Å². The number of nitrogens with zero attached hydrogens (tertiary/aromatic N) is 2. The fourth-order valence-corrected chi connectivity index (χ4v) is 4.83. The van der Waals surface area contributed by atoms with E-state index in [1.807, 2.05) is 12.1 Å². The topological polar surface area (TPSA) is 60.8 Å². The molecule has 2 saturated heterocycles. The van der Waals surface area contributed by atoms with Gasteiger partial charge < -0.3 is 15.1 Å². The number of hydrogen-bond donors (Lipinski definition) is 2. The fourth-order valence-electron chi connectivity index (χ4n) is 4.83. The van der Waals surface area contributed by atoms with Crippen LogP contribution in [0.25, 0.3) is 0 Å². The highest BCUT2D eigenvalue weighted by atomic mass is 16.3. The average Bonchev–Trinajstić information content (AvgIpc) is 3.49. The summed E-state index contributed by atoms with van der Waals surface area (Å²) in [4.78, 5) is 17.3. The first-order valence-corrected chi connectivity index (χ1v) is 11.8. The summed E-state index contributed by atoms with van der Waals surface area (Å²) in [6.07, 6.45) is 6.76. The zero-order valence-corrected chi connectivity index (χ0v) is 18.7. The Kier molecular flexibility index (Phi) is 7.65. The van der Waals surface area contributed by atoms with Gasteiger partial charge in [0, 0.05) is 26.2 Å². The van der Waals surface area contributed by atoms with Crippen LogP contribution in [0.1, 0.15) is 55.5 Å². The lowest BCUT2D eigenvalue weighted by molar-refractivity contribution is 0.176. The van der Waals surface area contributed by atoms with Crippen molar-refractivity contribution in [2.75, 3.05) is 32.7 Å². The molecule has 0 aliphatic carbocycles. The maximum atomic E-state index is 12.4. The van der Waals surface area contributed by atoms with Crippen LogP contribution in [0.3, 0.4) is 0 Å². The van der Waals surface area contributed by atoms with Crippen molar-refractivity contribution in [3.05, 3.63) is 59.5 Å². The van der Waals surface area contributed by atoms with Crippen LogP contribution in [0.4, 0.5) is 4.79 Å². The third kappa shape index (κ3) is 6.34. The Bertz CT molecular complexity index is 799. The first-order chi connectivity index (χ1) is 15.2. The minimum atomic E-state index is -0.137. The van der Waals surface area contributed by atoms with Gasteiger partial charge in [-0.25, -0.2) is 4.79 Å². The number of likely N-dealkylation sites (tertiary alicyclic amines) is 2. The molecule has 2 aliphatic heterocycles. The third-order valence-corrected chi connectivity index (χ3v) is 6.53. The number of carbonyl (C=O) groups excluding carboxylic acids is 1. The Labute approximate surface area is 186 Å². The molecule has 168 valence electrons. The van der Waals surface area contributed by atoms with Gasteiger partial charge in [0.25, 0.3) is 0 Å². The van der Waals surface area contributed by atoms with Gasteiger partial charge in [0.15, 0.2) is 0 Å². The van der Waals surface area contributed by atoms with E-state index in [0.29, 0.717) is 13.1 Å². The number of amides is 2. The highest BCUT2D eigenvalue weighted by molar-refractivity contribution is 5.73. The summed E-state index contributed by atoms with van der Waals surface area (Å²) >= 11 is 0. The van der Waals surface area contributed by atoms with Gasteiger partial charge in [-0.3, -0.25) is 9.80 Å². The van der Waals surface area contributed by atoms with Crippen LogP contribution < -0.4 is 10.6 Å². The first-order valence-electron chi connectivity index (χ1n) is 11.8. The smallest absolute Gasteiger partial charge is 0.315 e. The SMILES string of the molecule is C[C@H]1CCCN(Cc2ccc(CNC(=O)NC[C@@H](c3ccco3)N3CCCC3)cc2)C1. The van der Waals surface area contributed by atoms with Crippen molar-refractivity contribution in [3.63, 3.8) is 0 Å². The largest absolute Gasteiger partial charge is 0.468 e. The summed E-state index contributed by atoms with van der Waals surface area (Å²) in [5, 5.41) is 6.02. The van der Waals surface area contributed by atoms with Crippen molar-refractivity contribution in [3.8, 4) is 0 Å². The summed E-state index contributed by atoms with van der Waals surface area (Å²) in [5.74, 6) is 1.72. The highest BCUT2D eigenvalue weighted by Crippen LogP contribution is 2.24. The Morgan fingerprint density at radius 3 is 2.55 bits per heavy atom. The van der Waals surface area contributed by atoms with E-state index in [0.717, 1.165) is 36.9 Å². The second-order valence-electron chi connectivity index (χ2n) is 9.14. The van der Waals surface area contributed by atoms with Gasteiger partial charge in [0.2, 0.25) is 0 Å². The van der Waals surface area contributed by atoms with Crippen LogP contribution in [-0.4, -0.2) is 48.6 Å². The molecular formula is C25H36N4O2. The molecule has 0 spiro atoms. The third-order valence-electron chi connectivity index (χ3n) is 6.53. The lowest BCUT2D eigenvalue weighted by Crippen LogP contribution is -2.41. The van der Waals surface area contributed by atoms with Crippen molar-refractivity contribution < 1.29 is 9.21 Å². The molecule has 2 aromatic rings. The lowest BCUT2D eigenvalue weighted by atomic mass is 9.99. The average molecular weight is 425 g/mol. The minimum absolute atomic E-state index is 0.0973. The molecular weight excluding hydrogens is 388 g/mol. The van der Waals surface area contributed by atoms with E-state index >= 15 is 0 Å². The number of nitrogens with one attached hydrogen (secondary N) is 2. The van der Waals surface area contributed by atoms with Crippen LogP contribution >= 0.6 is 0 Å². The summed E-state index contributed by atoms with van der Waals surface area (Å²) in [6, 6.07) is 12.5. The molecule has 2 aliphatic rings. The summed E-state index contributed by atoms with van der Waals surface area (Å²) in [6.45, 7) is 8.94. The molecule has 2 amide bonds. The summed E-state index contributed by atoms with van der Waals surface area (Å²) < 4.78 is 5.62.